The van der Waals surface area contributed by atoms with Gasteiger partial charge in [-0.25, -0.2) is 8.78 Å². The van der Waals surface area contributed by atoms with Gasteiger partial charge in [0.05, 0.1) is 29.5 Å². The third-order valence-electron chi connectivity index (χ3n) is 2.92. The number of non-ortho nitro benzene ring substituents is 1. The van der Waals surface area contributed by atoms with Crippen LogP contribution in [0, 0.1) is 21.7 Å². The zero-order valence-electron chi connectivity index (χ0n) is 12.4. The van der Waals surface area contributed by atoms with Crippen molar-refractivity contribution in [2.45, 2.75) is 4.90 Å². The van der Waals surface area contributed by atoms with Crippen molar-refractivity contribution in [3.8, 4) is 5.75 Å². The van der Waals surface area contributed by atoms with Crippen LogP contribution in [0.4, 0.5) is 20.2 Å². The average molecular weight is 354 g/mol. The Morgan fingerprint density at radius 2 is 2.04 bits per heavy atom. The van der Waals surface area contributed by atoms with Gasteiger partial charge in [-0.2, -0.15) is 0 Å². The molecule has 0 unspecified atom stereocenters. The molecule has 2 aromatic rings. The van der Waals surface area contributed by atoms with E-state index in [1.165, 1.54) is 25.3 Å². The summed E-state index contributed by atoms with van der Waals surface area (Å²) in [5.41, 5.74) is 0.0643. The van der Waals surface area contributed by atoms with Crippen LogP contribution in [0.3, 0.4) is 0 Å². The van der Waals surface area contributed by atoms with Crippen molar-refractivity contribution in [1.82, 2.24) is 0 Å². The molecule has 2 rings (SSSR count). The number of benzene rings is 2. The predicted molar refractivity (Wildman–Crippen MR) is 85.4 cm³/mol. The van der Waals surface area contributed by atoms with Crippen molar-refractivity contribution in [3.63, 3.8) is 0 Å². The standard InChI is InChI=1S/C15H12F2N2O4S/c1-23-13-7-10(19(21)22)3-5-12(13)18-15(20)8-24-14-6-9(16)2-4-11(14)17/h2-7H,8H2,1H3,(H,18,20). The molecule has 0 aliphatic heterocycles. The first-order valence-electron chi connectivity index (χ1n) is 6.61. The lowest BCUT2D eigenvalue weighted by Crippen LogP contribution is -2.15. The van der Waals surface area contributed by atoms with Gasteiger partial charge < -0.3 is 10.1 Å². The highest BCUT2D eigenvalue weighted by atomic mass is 32.2. The zero-order chi connectivity index (χ0) is 17.7. The van der Waals surface area contributed by atoms with Crippen LogP contribution in [-0.4, -0.2) is 23.7 Å². The molecule has 0 bridgehead atoms. The largest absolute Gasteiger partial charge is 0.494 e. The number of anilines is 1. The quantitative estimate of drug-likeness (QED) is 0.487. The van der Waals surface area contributed by atoms with Crippen LogP contribution in [0.5, 0.6) is 5.75 Å². The first-order chi connectivity index (χ1) is 11.4. The Bertz CT molecular complexity index is 786. The van der Waals surface area contributed by atoms with Crippen LogP contribution < -0.4 is 10.1 Å². The second kappa shape index (κ2) is 7.73. The average Bonchev–Trinajstić information content (AvgIpc) is 2.55. The highest BCUT2D eigenvalue weighted by Gasteiger charge is 2.14. The molecule has 126 valence electrons. The van der Waals surface area contributed by atoms with Gasteiger partial charge in [0, 0.05) is 11.0 Å². The fourth-order valence-electron chi connectivity index (χ4n) is 1.81. The van der Waals surface area contributed by atoms with Crippen molar-refractivity contribution >= 4 is 29.0 Å². The Morgan fingerprint density at radius 3 is 2.71 bits per heavy atom. The number of ether oxygens (including phenoxy) is 1. The SMILES string of the molecule is COc1cc([N+](=O)[O-])ccc1NC(=O)CSc1cc(F)ccc1F. The minimum Gasteiger partial charge on any atom is -0.494 e. The van der Waals surface area contributed by atoms with E-state index in [2.05, 4.69) is 5.32 Å². The van der Waals surface area contributed by atoms with Crippen molar-refractivity contribution in [3.05, 3.63) is 58.1 Å². The molecular formula is C15H12F2N2O4S. The Morgan fingerprint density at radius 1 is 1.29 bits per heavy atom. The number of hydrogen-bond donors (Lipinski definition) is 1. The lowest BCUT2D eigenvalue weighted by atomic mass is 10.2. The Balaban J connectivity index is 2.04. The number of nitro benzene ring substituents is 1. The summed E-state index contributed by atoms with van der Waals surface area (Å²) in [4.78, 5) is 22.1. The van der Waals surface area contributed by atoms with Crippen LogP contribution >= 0.6 is 11.8 Å². The summed E-state index contributed by atoms with van der Waals surface area (Å²) in [5, 5.41) is 13.2. The molecule has 2 aromatic carbocycles. The minimum absolute atomic E-state index is 0.0146. The number of rotatable bonds is 6. The van der Waals surface area contributed by atoms with E-state index in [9.17, 15) is 23.7 Å². The van der Waals surface area contributed by atoms with Crippen molar-refractivity contribution in [1.29, 1.82) is 0 Å². The third kappa shape index (κ3) is 4.42. The molecule has 24 heavy (non-hydrogen) atoms. The second-order valence-corrected chi connectivity index (χ2v) is 5.57. The van der Waals surface area contributed by atoms with Crippen molar-refractivity contribution in [2.75, 3.05) is 18.2 Å². The Labute approximate surface area is 140 Å². The summed E-state index contributed by atoms with van der Waals surface area (Å²) in [6, 6.07) is 6.70. The van der Waals surface area contributed by atoms with Gasteiger partial charge in [0.2, 0.25) is 5.91 Å². The molecule has 0 heterocycles. The van der Waals surface area contributed by atoms with Crippen LogP contribution in [0.2, 0.25) is 0 Å². The molecule has 0 spiro atoms. The lowest BCUT2D eigenvalue weighted by molar-refractivity contribution is -0.384. The van der Waals surface area contributed by atoms with Gasteiger partial charge in [-0.3, -0.25) is 14.9 Å². The maximum atomic E-state index is 13.5. The lowest BCUT2D eigenvalue weighted by Gasteiger charge is -2.10. The van der Waals surface area contributed by atoms with Crippen LogP contribution in [0.25, 0.3) is 0 Å². The fourth-order valence-corrected chi connectivity index (χ4v) is 2.57. The van der Waals surface area contributed by atoms with E-state index in [0.29, 0.717) is 0 Å². The smallest absolute Gasteiger partial charge is 0.273 e. The Hall–Kier alpha value is -2.68. The monoisotopic (exact) mass is 354 g/mol. The van der Waals surface area contributed by atoms with Crippen LogP contribution in [0.15, 0.2) is 41.3 Å². The highest BCUT2D eigenvalue weighted by molar-refractivity contribution is 8.00. The third-order valence-corrected chi connectivity index (χ3v) is 3.95. The maximum absolute atomic E-state index is 13.5. The molecule has 1 N–H and O–H groups in total. The van der Waals surface area contributed by atoms with Gasteiger partial charge in [0.1, 0.15) is 17.4 Å². The molecule has 0 aliphatic rings. The van der Waals surface area contributed by atoms with E-state index in [0.717, 1.165) is 30.0 Å². The van der Waals surface area contributed by atoms with Gasteiger partial charge in [-0.15, -0.1) is 11.8 Å². The molecule has 6 nitrogen and oxygen atoms in total. The number of nitrogens with zero attached hydrogens (tertiary/aromatic N) is 1. The predicted octanol–water partition coefficient (Wildman–Crippen LogP) is 3.61. The molecule has 0 saturated heterocycles. The maximum Gasteiger partial charge on any atom is 0.273 e. The van der Waals surface area contributed by atoms with Gasteiger partial charge in [0.25, 0.3) is 5.69 Å². The van der Waals surface area contributed by atoms with E-state index >= 15 is 0 Å². The van der Waals surface area contributed by atoms with Gasteiger partial charge in [-0.1, -0.05) is 0 Å². The summed E-state index contributed by atoms with van der Waals surface area (Å²) in [6.07, 6.45) is 0. The molecule has 0 saturated carbocycles. The van der Waals surface area contributed by atoms with E-state index in [-0.39, 0.29) is 27.8 Å². The number of amides is 1. The number of hydrogen-bond acceptors (Lipinski definition) is 5. The number of thioether (sulfide) groups is 1. The highest BCUT2D eigenvalue weighted by Crippen LogP contribution is 2.29. The summed E-state index contributed by atoms with van der Waals surface area (Å²) in [6.45, 7) is 0. The number of halogens is 2. The number of methoxy groups -OCH3 is 1. The molecule has 0 fully saturated rings. The van der Waals surface area contributed by atoms with Gasteiger partial charge in [-0.05, 0) is 24.3 Å². The fraction of sp³-hybridized carbons (Fsp3) is 0.133. The van der Waals surface area contributed by atoms with Gasteiger partial charge >= 0.3 is 0 Å². The van der Waals surface area contributed by atoms with E-state index in [1.807, 2.05) is 0 Å². The van der Waals surface area contributed by atoms with E-state index in [4.69, 9.17) is 4.74 Å². The summed E-state index contributed by atoms with van der Waals surface area (Å²) in [5.74, 6) is -1.76. The number of nitro groups is 1. The summed E-state index contributed by atoms with van der Waals surface area (Å²) < 4.78 is 31.5. The van der Waals surface area contributed by atoms with E-state index < -0.39 is 22.5 Å². The van der Waals surface area contributed by atoms with Gasteiger partial charge in [0.15, 0.2) is 0 Å². The van der Waals surface area contributed by atoms with Crippen LogP contribution in [-0.2, 0) is 4.79 Å². The first-order valence-corrected chi connectivity index (χ1v) is 7.59. The number of carbonyl (C=O) groups excluding carboxylic acids is 1. The zero-order valence-corrected chi connectivity index (χ0v) is 13.2. The molecule has 0 radical (unpaired) electrons. The van der Waals surface area contributed by atoms with Crippen molar-refractivity contribution < 1.29 is 23.2 Å². The molecule has 9 heteroatoms. The summed E-state index contributed by atoms with van der Waals surface area (Å²) in [7, 11) is 1.31. The van der Waals surface area contributed by atoms with E-state index in [1.54, 1.807) is 0 Å². The molecule has 0 aliphatic carbocycles. The second-order valence-electron chi connectivity index (χ2n) is 4.55. The van der Waals surface area contributed by atoms with Crippen LogP contribution in [0.1, 0.15) is 0 Å². The first kappa shape index (κ1) is 17.7. The molecular weight excluding hydrogens is 342 g/mol. The molecule has 0 aromatic heterocycles. The number of nitrogens with one attached hydrogen (secondary N) is 1. The topological polar surface area (TPSA) is 81.5 Å². The summed E-state index contributed by atoms with van der Waals surface area (Å²) >= 11 is 0.834. The Kier molecular flexibility index (Phi) is 5.69. The minimum atomic E-state index is -0.623. The number of carbonyl (C=O) groups is 1. The molecule has 0 atom stereocenters. The molecule has 1 amide bonds. The normalized spacial score (nSPS) is 10.3. The van der Waals surface area contributed by atoms with Crippen molar-refractivity contribution in [2.24, 2.45) is 0 Å².